The van der Waals surface area contributed by atoms with Gasteiger partial charge in [-0.15, -0.1) is 11.8 Å². The molecule has 0 bridgehead atoms. The number of nitrogens with zero attached hydrogens (tertiary/aromatic N) is 2. The number of anilines is 1. The number of likely N-dealkylation sites (N-methyl/N-ethyl adjacent to an activating group) is 1. The Morgan fingerprint density at radius 2 is 1.41 bits per heavy atom. The second-order valence-electron chi connectivity index (χ2n) is 14.6. The maximum atomic E-state index is 2.44. The van der Waals surface area contributed by atoms with Crippen LogP contribution in [0, 0.1) is 0 Å². The van der Waals surface area contributed by atoms with Gasteiger partial charge in [0.05, 0.1) is 5.41 Å². The molecule has 0 amide bonds. The summed E-state index contributed by atoms with van der Waals surface area (Å²) in [7, 11) is 4.47. The fraction of sp³-hybridized carbons (Fsp3) is 0.326. The first-order chi connectivity index (χ1) is 22.0. The van der Waals surface area contributed by atoms with Gasteiger partial charge in [-0.3, -0.25) is 0 Å². The molecule has 0 saturated heterocycles. The number of hydrogen-bond acceptors (Lipinski definition) is 2. The van der Waals surface area contributed by atoms with E-state index >= 15 is 0 Å². The molecule has 2 heterocycles. The van der Waals surface area contributed by atoms with Crippen molar-refractivity contribution in [1.29, 1.82) is 0 Å². The van der Waals surface area contributed by atoms with E-state index in [1.165, 1.54) is 77.9 Å². The van der Waals surface area contributed by atoms with Gasteiger partial charge in [0.1, 0.15) is 7.05 Å². The van der Waals surface area contributed by atoms with Crippen molar-refractivity contribution in [3.8, 4) is 0 Å². The first-order valence-electron chi connectivity index (χ1n) is 16.9. The Kier molecular flexibility index (Phi) is 7.67. The molecular formula is C43H47N2S+. The minimum Gasteiger partial charge on any atom is -0.347 e. The summed E-state index contributed by atoms with van der Waals surface area (Å²) in [4.78, 5) is 3.88. The van der Waals surface area contributed by atoms with Crippen LogP contribution in [0.1, 0.15) is 71.9 Å². The van der Waals surface area contributed by atoms with Gasteiger partial charge in [0, 0.05) is 51.7 Å². The van der Waals surface area contributed by atoms with Crippen molar-refractivity contribution in [2.24, 2.45) is 0 Å². The minimum atomic E-state index is -0.0804. The van der Waals surface area contributed by atoms with Crippen molar-refractivity contribution < 1.29 is 4.58 Å². The van der Waals surface area contributed by atoms with E-state index in [-0.39, 0.29) is 10.8 Å². The molecule has 0 N–H and O–H groups in total. The van der Waals surface area contributed by atoms with Gasteiger partial charge >= 0.3 is 0 Å². The number of thioether (sulfide) groups is 1. The van der Waals surface area contributed by atoms with Gasteiger partial charge in [-0.1, -0.05) is 94.4 Å². The molecule has 0 radical (unpaired) electrons. The Bertz CT molecular complexity index is 2050. The number of fused-ring (bicyclic) bond motifs is 6. The molecule has 3 aliphatic rings. The zero-order valence-corrected chi connectivity index (χ0v) is 29.6. The van der Waals surface area contributed by atoms with Crippen molar-refractivity contribution in [1.82, 2.24) is 0 Å². The molecule has 4 aromatic rings. The fourth-order valence-corrected chi connectivity index (χ4v) is 9.47. The van der Waals surface area contributed by atoms with Gasteiger partial charge in [-0.25, -0.2) is 0 Å². The van der Waals surface area contributed by atoms with Gasteiger partial charge in [-0.2, -0.15) is 4.58 Å². The molecule has 0 fully saturated rings. The summed E-state index contributed by atoms with van der Waals surface area (Å²) in [6.45, 7) is 14.2. The summed E-state index contributed by atoms with van der Waals surface area (Å²) in [6, 6.07) is 26.8. The molecule has 0 atom stereocenters. The maximum absolute atomic E-state index is 2.44. The second-order valence-corrected chi connectivity index (χ2v) is 16.2. The molecule has 3 heteroatoms. The fourth-order valence-electron chi connectivity index (χ4n) is 8.35. The highest BCUT2D eigenvalue weighted by molar-refractivity contribution is 8.03. The van der Waals surface area contributed by atoms with Crippen molar-refractivity contribution >= 4 is 50.4 Å². The summed E-state index contributed by atoms with van der Waals surface area (Å²) in [6.07, 6.45) is 13.1. The summed E-state index contributed by atoms with van der Waals surface area (Å²) >= 11 is 2.03. The van der Waals surface area contributed by atoms with Crippen LogP contribution >= 0.6 is 11.8 Å². The number of rotatable bonds is 5. The number of benzene rings is 4. The number of allylic oxidation sites excluding steroid dienone is 7. The smallest absolute Gasteiger partial charge is 0.210 e. The molecule has 1 aliphatic carbocycles. The van der Waals surface area contributed by atoms with Crippen LogP contribution < -0.4 is 4.90 Å². The molecule has 0 spiro atoms. The highest BCUT2D eigenvalue weighted by Gasteiger charge is 2.44. The van der Waals surface area contributed by atoms with Crippen LogP contribution in [-0.4, -0.2) is 29.6 Å². The third kappa shape index (κ3) is 4.90. The Morgan fingerprint density at radius 1 is 0.761 bits per heavy atom. The highest BCUT2D eigenvalue weighted by atomic mass is 32.2. The van der Waals surface area contributed by atoms with E-state index in [0.717, 1.165) is 12.8 Å². The highest BCUT2D eigenvalue weighted by Crippen LogP contribution is 2.50. The normalized spacial score (nSPS) is 20.8. The Balaban J connectivity index is 1.27. The van der Waals surface area contributed by atoms with Gasteiger partial charge in [0.2, 0.25) is 5.69 Å². The first kappa shape index (κ1) is 30.8. The zero-order valence-electron chi connectivity index (χ0n) is 28.7. The lowest BCUT2D eigenvalue weighted by atomic mass is 9.78. The summed E-state index contributed by atoms with van der Waals surface area (Å²) in [5.74, 6) is 0. The monoisotopic (exact) mass is 623 g/mol. The third-order valence-corrected chi connectivity index (χ3v) is 11.7. The predicted octanol–water partition coefficient (Wildman–Crippen LogP) is 11.4. The molecule has 0 unspecified atom stereocenters. The van der Waals surface area contributed by atoms with Gasteiger partial charge in [-0.05, 0) is 89.6 Å². The Labute approximate surface area is 279 Å². The lowest BCUT2D eigenvalue weighted by molar-refractivity contribution is -0.401. The molecular weight excluding hydrogens is 577 g/mol. The molecule has 0 aromatic heterocycles. The van der Waals surface area contributed by atoms with E-state index in [0.29, 0.717) is 5.25 Å². The van der Waals surface area contributed by atoms with Gasteiger partial charge in [0.15, 0.2) is 5.71 Å². The standard InChI is InChI=1S/C43H47N2S/c1-28(2)46-41-31(22-26-37-42(3,4)39-33-18-11-9-14-29(33)20-24-35(39)44(37)7)16-13-17-32(41)23-27-38-43(5,6)40-34-19-12-10-15-30(34)21-25-36(40)45(38)8/h9-12,14-15,18-28H,13,16-17H2,1-8H3/q+1. The lowest BCUT2D eigenvalue weighted by Gasteiger charge is -2.25. The van der Waals surface area contributed by atoms with Gasteiger partial charge in [0.25, 0.3) is 0 Å². The van der Waals surface area contributed by atoms with E-state index in [9.17, 15) is 0 Å². The largest absolute Gasteiger partial charge is 0.347 e. The number of hydrogen-bond donors (Lipinski definition) is 0. The van der Waals surface area contributed by atoms with Crippen molar-refractivity contribution in [3.05, 3.63) is 130 Å². The summed E-state index contributed by atoms with van der Waals surface area (Å²) in [5.41, 5.74) is 11.0. The van der Waals surface area contributed by atoms with Crippen molar-refractivity contribution in [3.63, 3.8) is 0 Å². The Morgan fingerprint density at radius 3 is 2.11 bits per heavy atom. The quantitative estimate of drug-likeness (QED) is 0.204. The maximum Gasteiger partial charge on any atom is 0.210 e. The minimum absolute atomic E-state index is 0.0804. The van der Waals surface area contributed by atoms with Crippen molar-refractivity contribution in [2.75, 3.05) is 19.0 Å². The summed E-state index contributed by atoms with van der Waals surface area (Å²) < 4.78 is 2.41. The van der Waals surface area contributed by atoms with Crippen LogP contribution in [0.5, 0.6) is 0 Å². The van der Waals surface area contributed by atoms with E-state index < -0.39 is 0 Å². The van der Waals surface area contributed by atoms with Crippen LogP contribution in [0.15, 0.2) is 119 Å². The van der Waals surface area contributed by atoms with Crippen LogP contribution in [0.4, 0.5) is 11.4 Å². The molecule has 46 heavy (non-hydrogen) atoms. The molecule has 2 nitrogen and oxygen atoms in total. The van der Waals surface area contributed by atoms with Crippen LogP contribution in [0.3, 0.4) is 0 Å². The van der Waals surface area contributed by atoms with E-state index in [1.54, 1.807) is 0 Å². The van der Waals surface area contributed by atoms with E-state index in [2.05, 4.69) is 162 Å². The molecule has 4 aromatic carbocycles. The second kappa shape index (κ2) is 11.5. The Hall–Kier alpha value is -3.82. The van der Waals surface area contributed by atoms with Crippen molar-refractivity contribution in [2.45, 2.75) is 76.9 Å². The average Bonchev–Trinajstić information content (AvgIpc) is 3.36. The SMILES string of the molecule is CC(C)SC1=C(/C=C/C2=[N+](C)c3ccc4ccccc4c3C2(C)C)CCC/C1=C\C=C1\N(C)c2ccc3ccccc3c2C1(C)C. The topological polar surface area (TPSA) is 6.25 Å². The van der Waals surface area contributed by atoms with Crippen LogP contribution in [0.2, 0.25) is 0 Å². The van der Waals surface area contributed by atoms with Crippen LogP contribution in [-0.2, 0) is 10.8 Å². The third-order valence-electron chi connectivity index (χ3n) is 10.5. The first-order valence-corrected chi connectivity index (χ1v) is 17.8. The zero-order chi connectivity index (χ0) is 32.4. The molecule has 7 rings (SSSR count). The predicted molar refractivity (Wildman–Crippen MR) is 202 cm³/mol. The lowest BCUT2D eigenvalue weighted by Crippen LogP contribution is -2.27. The molecule has 0 saturated carbocycles. The molecule has 2 aliphatic heterocycles. The summed E-state index contributed by atoms with van der Waals surface area (Å²) in [5, 5.41) is 5.87. The molecule has 234 valence electrons. The van der Waals surface area contributed by atoms with Crippen LogP contribution in [0.25, 0.3) is 21.5 Å². The van der Waals surface area contributed by atoms with E-state index in [1.807, 2.05) is 11.8 Å². The van der Waals surface area contributed by atoms with Gasteiger partial charge < -0.3 is 4.90 Å². The van der Waals surface area contributed by atoms with E-state index in [4.69, 9.17) is 0 Å². The average molecular weight is 624 g/mol.